The van der Waals surface area contributed by atoms with Crippen LogP contribution in [0.2, 0.25) is 5.02 Å². The number of rotatable bonds is 7. The minimum atomic E-state index is -0.523. The molecular weight excluding hydrogens is 385 g/mol. The molecule has 0 aliphatic heterocycles. The van der Waals surface area contributed by atoms with Crippen LogP contribution in [0.5, 0.6) is 0 Å². The predicted octanol–water partition coefficient (Wildman–Crippen LogP) is 4.46. The second-order valence-corrected chi connectivity index (χ2v) is 6.40. The molecule has 0 saturated carbocycles. The highest BCUT2D eigenvalue weighted by Crippen LogP contribution is 2.23. The van der Waals surface area contributed by atoms with E-state index in [0.29, 0.717) is 28.3 Å². The molecule has 3 rings (SSSR count). The molecule has 0 N–H and O–H groups in total. The van der Waals surface area contributed by atoms with E-state index in [1.54, 1.807) is 19.1 Å². The Morgan fingerprint density at radius 2 is 2.00 bits per heavy atom. The van der Waals surface area contributed by atoms with E-state index in [2.05, 4.69) is 16.7 Å². The Kier molecular flexibility index (Phi) is 5.94. The maximum atomic E-state index is 14.4. The lowest BCUT2D eigenvalue weighted by Gasteiger charge is -2.06. The summed E-state index contributed by atoms with van der Waals surface area (Å²) >= 11 is 5.96. The normalized spacial score (nSPS) is 10.9. The second-order valence-electron chi connectivity index (χ2n) is 5.97. The lowest BCUT2D eigenvalue weighted by atomic mass is 10.1. The van der Waals surface area contributed by atoms with E-state index in [-0.39, 0.29) is 30.0 Å². The highest BCUT2D eigenvalue weighted by atomic mass is 35.5. The maximum Gasteiger partial charge on any atom is 0.342 e. The Morgan fingerprint density at radius 1 is 1.25 bits per heavy atom. The highest BCUT2D eigenvalue weighted by molar-refractivity contribution is 6.31. The quantitative estimate of drug-likeness (QED) is 0.430. The molecule has 0 aliphatic rings. The van der Waals surface area contributed by atoms with E-state index in [1.165, 1.54) is 23.1 Å². The summed E-state index contributed by atoms with van der Waals surface area (Å²) in [6.07, 6.45) is 2.94. The molecular formula is C20H19ClFN3O3. The van der Waals surface area contributed by atoms with Gasteiger partial charge in [-0.25, -0.2) is 9.18 Å². The van der Waals surface area contributed by atoms with Crippen LogP contribution in [0.1, 0.15) is 35.5 Å². The summed E-state index contributed by atoms with van der Waals surface area (Å²) in [7, 11) is 0. The molecule has 3 aromatic rings. The number of hydrogen-bond acceptors (Lipinski definition) is 5. The van der Waals surface area contributed by atoms with Gasteiger partial charge in [0.05, 0.1) is 24.8 Å². The summed E-state index contributed by atoms with van der Waals surface area (Å²) in [6.45, 7) is 8.19. The standard InChI is InChI=1S/C20H19ClFN3O3/c1-4-27-12(3)18-16(20(26)28-5-2)11-25(24-18)10-13-6-14-8-15(21)9-23-19(14)17(22)7-13/h6-9,11H,3-5,10H2,1-2H3. The molecule has 2 aromatic heterocycles. The first-order chi connectivity index (χ1) is 13.4. The fraction of sp³-hybridized carbons (Fsp3) is 0.250. The summed E-state index contributed by atoms with van der Waals surface area (Å²) in [4.78, 5) is 16.3. The van der Waals surface area contributed by atoms with Crippen LogP contribution >= 0.6 is 11.6 Å². The monoisotopic (exact) mass is 403 g/mol. The molecule has 0 aliphatic carbocycles. The van der Waals surface area contributed by atoms with Gasteiger partial charge in [0.1, 0.15) is 28.4 Å². The number of fused-ring (bicyclic) bond motifs is 1. The van der Waals surface area contributed by atoms with Crippen molar-refractivity contribution < 1.29 is 18.7 Å². The van der Waals surface area contributed by atoms with Crippen molar-refractivity contribution in [3.63, 3.8) is 0 Å². The van der Waals surface area contributed by atoms with Gasteiger partial charge in [0.2, 0.25) is 0 Å². The van der Waals surface area contributed by atoms with E-state index in [1.807, 2.05) is 6.92 Å². The average molecular weight is 404 g/mol. The molecule has 0 fully saturated rings. The molecule has 0 unspecified atom stereocenters. The van der Waals surface area contributed by atoms with E-state index in [4.69, 9.17) is 21.1 Å². The first-order valence-electron chi connectivity index (χ1n) is 8.73. The largest absolute Gasteiger partial charge is 0.492 e. The van der Waals surface area contributed by atoms with E-state index in [9.17, 15) is 9.18 Å². The maximum absolute atomic E-state index is 14.4. The molecule has 0 spiro atoms. The smallest absolute Gasteiger partial charge is 0.342 e. The van der Waals surface area contributed by atoms with Crippen molar-refractivity contribution >= 4 is 34.2 Å². The number of nitrogens with zero attached hydrogens (tertiary/aromatic N) is 3. The van der Waals surface area contributed by atoms with Crippen LogP contribution in [0.3, 0.4) is 0 Å². The molecule has 1 aromatic carbocycles. The minimum Gasteiger partial charge on any atom is -0.492 e. The summed E-state index contributed by atoms with van der Waals surface area (Å²) in [5.74, 6) is -0.712. The van der Waals surface area contributed by atoms with Crippen molar-refractivity contribution in [2.45, 2.75) is 20.4 Å². The van der Waals surface area contributed by atoms with Gasteiger partial charge in [-0.3, -0.25) is 9.67 Å². The Labute approximate surface area is 166 Å². The number of carbonyl (C=O) groups excluding carboxylic acids is 1. The summed E-state index contributed by atoms with van der Waals surface area (Å²) in [6, 6.07) is 4.80. The van der Waals surface area contributed by atoms with Crippen LogP contribution in [0.15, 0.2) is 37.2 Å². The molecule has 28 heavy (non-hydrogen) atoms. The molecule has 0 bridgehead atoms. The third kappa shape index (κ3) is 4.14. The van der Waals surface area contributed by atoms with Crippen molar-refractivity contribution in [2.75, 3.05) is 13.2 Å². The van der Waals surface area contributed by atoms with Crippen LogP contribution in [0.25, 0.3) is 16.7 Å². The Morgan fingerprint density at radius 3 is 2.71 bits per heavy atom. The van der Waals surface area contributed by atoms with E-state index in [0.717, 1.165) is 0 Å². The molecule has 0 radical (unpaired) electrons. The van der Waals surface area contributed by atoms with Gasteiger partial charge < -0.3 is 9.47 Å². The SMILES string of the molecule is C=C(OCC)c1nn(Cc2cc(F)c3ncc(Cl)cc3c2)cc1C(=O)OCC. The number of hydrogen-bond donors (Lipinski definition) is 0. The van der Waals surface area contributed by atoms with Crippen LogP contribution < -0.4 is 0 Å². The van der Waals surface area contributed by atoms with Gasteiger partial charge in [-0.15, -0.1) is 0 Å². The minimum absolute atomic E-state index is 0.227. The summed E-state index contributed by atoms with van der Waals surface area (Å²) < 4.78 is 26.4. The van der Waals surface area contributed by atoms with E-state index >= 15 is 0 Å². The summed E-state index contributed by atoms with van der Waals surface area (Å²) in [5, 5.41) is 5.38. The second kappa shape index (κ2) is 8.39. The first kappa shape index (κ1) is 19.8. The Hall–Kier alpha value is -2.93. The zero-order chi connectivity index (χ0) is 20.3. The molecule has 0 saturated heterocycles. The Balaban J connectivity index is 1.97. The number of pyridine rings is 1. The van der Waals surface area contributed by atoms with Gasteiger partial charge in [0.15, 0.2) is 0 Å². The van der Waals surface area contributed by atoms with Gasteiger partial charge in [-0.1, -0.05) is 18.2 Å². The van der Waals surface area contributed by atoms with Crippen LogP contribution in [0.4, 0.5) is 4.39 Å². The number of halogens is 2. The third-order valence-corrected chi connectivity index (χ3v) is 4.15. The average Bonchev–Trinajstić information content (AvgIpc) is 3.06. The molecule has 8 heteroatoms. The van der Waals surface area contributed by atoms with Crippen molar-refractivity contribution in [3.8, 4) is 0 Å². The Bertz CT molecular complexity index is 1010. The lowest BCUT2D eigenvalue weighted by Crippen LogP contribution is -2.07. The zero-order valence-corrected chi connectivity index (χ0v) is 16.3. The van der Waals surface area contributed by atoms with Crippen LogP contribution in [-0.2, 0) is 16.0 Å². The highest BCUT2D eigenvalue weighted by Gasteiger charge is 2.21. The molecule has 0 amide bonds. The van der Waals surface area contributed by atoms with Crippen molar-refractivity contribution in [3.05, 3.63) is 64.8 Å². The predicted molar refractivity (Wildman–Crippen MR) is 105 cm³/mol. The van der Waals surface area contributed by atoms with Crippen molar-refractivity contribution in [1.82, 2.24) is 14.8 Å². The van der Waals surface area contributed by atoms with Crippen molar-refractivity contribution in [1.29, 1.82) is 0 Å². The van der Waals surface area contributed by atoms with Gasteiger partial charge in [-0.2, -0.15) is 5.10 Å². The molecule has 146 valence electrons. The van der Waals surface area contributed by atoms with Crippen LogP contribution in [-0.4, -0.2) is 33.9 Å². The fourth-order valence-corrected chi connectivity index (χ4v) is 2.99. The van der Waals surface area contributed by atoms with Crippen LogP contribution in [0, 0.1) is 5.82 Å². The molecule has 0 atom stereocenters. The topological polar surface area (TPSA) is 66.2 Å². The molecule has 2 heterocycles. The number of carbonyl (C=O) groups is 1. The fourth-order valence-electron chi connectivity index (χ4n) is 2.82. The van der Waals surface area contributed by atoms with Gasteiger partial charge in [0.25, 0.3) is 0 Å². The van der Waals surface area contributed by atoms with Gasteiger partial charge in [-0.05, 0) is 37.6 Å². The van der Waals surface area contributed by atoms with Crippen molar-refractivity contribution in [2.24, 2.45) is 0 Å². The number of aromatic nitrogens is 3. The number of ether oxygens (including phenoxy) is 2. The van der Waals surface area contributed by atoms with Gasteiger partial charge >= 0.3 is 5.97 Å². The number of benzene rings is 1. The van der Waals surface area contributed by atoms with E-state index < -0.39 is 11.8 Å². The first-order valence-corrected chi connectivity index (χ1v) is 9.11. The third-order valence-electron chi connectivity index (χ3n) is 3.95. The zero-order valence-electron chi connectivity index (χ0n) is 15.5. The van der Waals surface area contributed by atoms with Gasteiger partial charge in [0, 0.05) is 17.8 Å². The lowest BCUT2D eigenvalue weighted by molar-refractivity contribution is 0.0525. The number of esters is 1. The summed E-state index contributed by atoms with van der Waals surface area (Å²) in [5.41, 5.74) is 1.42. The molecule has 6 nitrogen and oxygen atoms in total.